The van der Waals surface area contributed by atoms with E-state index in [-0.39, 0.29) is 9.52 Å². The van der Waals surface area contributed by atoms with E-state index in [2.05, 4.69) is 61.5 Å². The molecule has 0 bridgehead atoms. The highest BCUT2D eigenvalue weighted by Gasteiger charge is 1.96. The van der Waals surface area contributed by atoms with Gasteiger partial charge in [0.25, 0.3) is 0 Å². The number of rotatable bonds is 3. The smallest absolute Gasteiger partial charge is 0.0633 e. The zero-order chi connectivity index (χ0) is 10.5. The van der Waals surface area contributed by atoms with E-state index in [9.17, 15) is 0 Å². The van der Waals surface area contributed by atoms with Crippen LogP contribution in [0.25, 0.3) is 0 Å². The lowest BCUT2D eigenvalue weighted by Gasteiger charge is -2.02. The summed E-state index contributed by atoms with van der Waals surface area (Å²) in [5.74, 6) is 0. The minimum atomic E-state index is -0.258. The molecule has 0 aliphatic carbocycles. The topological polar surface area (TPSA) is 0 Å². The summed E-state index contributed by atoms with van der Waals surface area (Å²) in [6.07, 6.45) is 1.13. The minimum Gasteiger partial charge on any atom is -0.0633 e. The van der Waals surface area contributed by atoms with E-state index in [1.54, 1.807) is 0 Å². The number of benzene rings is 2. The van der Waals surface area contributed by atoms with Gasteiger partial charge in [0.1, 0.15) is 0 Å². The summed E-state index contributed by atoms with van der Waals surface area (Å²) < 4.78 is 0. The normalized spacial score (nSPS) is 11.0. The molecule has 0 atom stereocenters. The molecule has 76 valence electrons. The van der Waals surface area contributed by atoms with Gasteiger partial charge in [-0.3, -0.25) is 0 Å². The van der Waals surface area contributed by atoms with Crippen LogP contribution in [0.1, 0.15) is 12.5 Å². The molecule has 1 heteroatoms. The predicted octanol–water partition coefficient (Wildman–Crippen LogP) is 1.37. The SMILES string of the molecule is CCc1ccc([SiH2]c2ccccc2)cc1. The van der Waals surface area contributed by atoms with E-state index in [1.807, 2.05) is 0 Å². The quantitative estimate of drug-likeness (QED) is 0.674. The van der Waals surface area contributed by atoms with Crippen LogP contribution in [0.5, 0.6) is 0 Å². The van der Waals surface area contributed by atoms with Gasteiger partial charge in [0.2, 0.25) is 0 Å². The fourth-order valence-electron chi connectivity index (χ4n) is 1.72. The monoisotopic (exact) mass is 212 g/mol. The molecule has 0 aliphatic rings. The largest absolute Gasteiger partial charge is 0.0875 e. The Hall–Kier alpha value is -1.34. The molecule has 2 aromatic carbocycles. The Morgan fingerprint density at radius 3 is 2.00 bits per heavy atom. The van der Waals surface area contributed by atoms with Crippen molar-refractivity contribution < 1.29 is 0 Å². The van der Waals surface area contributed by atoms with Crippen molar-refractivity contribution in [1.29, 1.82) is 0 Å². The predicted molar refractivity (Wildman–Crippen MR) is 70.1 cm³/mol. The van der Waals surface area contributed by atoms with Crippen LogP contribution < -0.4 is 10.4 Å². The van der Waals surface area contributed by atoms with Gasteiger partial charge in [0, 0.05) is 0 Å². The second kappa shape index (κ2) is 4.94. The Kier molecular flexibility index (Phi) is 3.35. The molecule has 0 spiro atoms. The lowest BCUT2D eigenvalue weighted by Crippen LogP contribution is -2.26. The summed E-state index contributed by atoms with van der Waals surface area (Å²) in [7, 11) is -0.258. The Labute approximate surface area is 93.8 Å². The first kappa shape index (κ1) is 10.2. The van der Waals surface area contributed by atoms with Crippen LogP contribution in [0.15, 0.2) is 54.6 Å². The standard InChI is InChI=1S/C14H16Si/c1-2-12-8-10-14(11-9-12)15-13-6-4-3-5-7-13/h3-11H,2,15H2,1H3. The van der Waals surface area contributed by atoms with Crippen molar-refractivity contribution in [3.63, 3.8) is 0 Å². The average molecular weight is 212 g/mol. The molecule has 0 saturated carbocycles. The van der Waals surface area contributed by atoms with E-state index in [4.69, 9.17) is 0 Å². The molecule has 0 aliphatic heterocycles. The highest BCUT2D eigenvalue weighted by atomic mass is 28.2. The first-order valence-electron chi connectivity index (χ1n) is 5.50. The Bertz CT molecular complexity index is 403. The van der Waals surface area contributed by atoms with Gasteiger partial charge < -0.3 is 0 Å². The van der Waals surface area contributed by atoms with Crippen LogP contribution in [-0.2, 0) is 6.42 Å². The molecule has 0 fully saturated rings. The first-order valence-corrected chi connectivity index (χ1v) is 6.91. The first-order chi connectivity index (χ1) is 7.38. The lowest BCUT2D eigenvalue weighted by atomic mass is 10.2. The maximum absolute atomic E-state index is 2.29. The molecular formula is C14H16Si. The van der Waals surface area contributed by atoms with Crippen LogP contribution in [0, 0.1) is 0 Å². The van der Waals surface area contributed by atoms with Crippen LogP contribution >= 0.6 is 0 Å². The fourth-order valence-corrected chi connectivity index (χ4v) is 3.18. The molecule has 2 aromatic rings. The molecule has 15 heavy (non-hydrogen) atoms. The van der Waals surface area contributed by atoms with Crippen molar-refractivity contribution >= 4 is 19.9 Å². The van der Waals surface area contributed by atoms with Crippen LogP contribution in [0.3, 0.4) is 0 Å². The van der Waals surface area contributed by atoms with Crippen LogP contribution in [-0.4, -0.2) is 9.52 Å². The average Bonchev–Trinajstić information content (AvgIpc) is 2.31. The van der Waals surface area contributed by atoms with Crippen LogP contribution in [0.2, 0.25) is 0 Å². The van der Waals surface area contributed by atoms with E-state index in [1.165, 1.54) is 15.9 Å². The summed E-state index contributed by atoms with van der Waals surface area (Å²) in [5.41, 5.74) is 1.43. The van der Waals surface area contributed by atoms with Gasteiger partial charge in [-0.05, 0) is 12.0 Å². The second-order valence-corrected chi connectivity index (χ2v) is 5.82. The van der Waals surface area contributed by atoms with Gasteiger partial charge >= 0.3 is 0 Å². The summed E-state index contributed by atoms with van der Waals surface area (Å²) in [4.78, 5) is 0. The maximum Gasteiger partial charge on any atom is 0.0875 e. The third kappa shape index (κ3) is 2.80. The molecule has 0 unspecified atom stereocenters. The summed E-state index contributed by atoms with van der Waals surface area (Å²) >= 11 is 0. The Balaban J connectivity index is 2.11. The zero-order valence-corrected chi connectivity index (χ0v) is 10.5. The van der Waals surface area contributed by atoms with Crippen molar-refractivity contribution in [2.45, 2.75) is 13.3 Å². The highest BCUT2D eigenvalue weighted by molar-refractivity contribution is 6.67. The zero-order valence-electron chi connectivity index (χ0n) is 9.11. The van der Waals surface area contributed by atoms with Crippen molar-refractivity contribution in [2.24, 2.45) is 0 Å². The van der Waals surface area contributed by atoms with Gasteiger partial charge in [-0.2, -0.15) is 0 Å². The van der Waals surface area contributed by atoms with Crippen molar-refractivity contribution in [3.8, 4) is 0 Å². The van der Waals surface area contributed by atoms with E-state index in [0.717, 1.165) is 6.42 Å². The van der Waals surface area contributed by atoms with Gasteiger partial charge in [0.15, 0.2) is 0 Å². The molecule has 2 rings (SSSR count). The van der Waals surface area contributed by atoms with Crippen molar-refractivity contribution in [3.05, 3.63) is 60.2 Å². The van der Waals surface area contributed by atoms with Gasteiger partial charge in [-0.1, -0.05) is 71.9 Å². The van der Waals surface area contributed by atoms with Crippen molar-refractivity contribution in [1.82, 2.24) is 0 Å². The number of hydrogen-bond donors (Lipinski definition) is 0. The Morgan fingerprint density at radius 2 is 1.40 bits per heavy atom. The van der Waals surface area contributed by atoms with Crippen LogP contribution in [0.4, 0.5) is 0 Å². The third-order valence-corrected chi connectivity index (χ3v) is 4.44. The Morgan fingerprint density at radius 1 is 0.800 bits per heavy atom. The maximum atomic E-state index is 2.29. The number of aryl methyl sites for hydroxylation is 1. The number of hydrogen-bond acceptors (Lipinski definition) is 0. The lowest BCUT2D eigenvalue weighted by molar-refractivity contribution is 1.14. The van der Waals surface area contributed by atoms with Gasteiger partial charge in [-0.25, -0.2) is 0 Å². The highest BCUT2D eigenvalue weighted by Crippen LogP contribution is 1.96. The molecule has 0 N–H and O–H groups in total. The molecular weight excluding hydrogens is 196 g/mol. The van der Waals surface area contributed by atoms with E-state index in [0.29, 0.717) is 0 Å². The molecule has 0 nitrogen and oxygen atoms in total. The summed E-state index contributed by atoms with van der Waals surface area (Å²) in [6, 6.07) is 19.9. The van der Waals surface area contributed by atoms with E-state index >= 15 is 0 Å². The molecule has 0 aromatic heterocycles. The second-order valence-electron chi connectivity index (χ2n) is 3.83. The summed E-state index contributed by atoms with van der Waals surface area (Å²) in [5, 5.41) is 3.04. The third-order valence-electron chi connectivity index (χ3n) is 2.68. The molecule has 0 amide bonds. The van der Waals surface area contributed by atoms with E-state index < -0.39 is 0 Å². The van der Waals surface area contributed by atoms with Gasteiger partial charge in [-0.15, -0.1) is 0 Å². The molecule has 0 heterocycles. The minimum absolute atomic E-state index is 0.258. The molecule has 0 radical (unpaired) electrons. The molecule has 0 saturated heterocycles. The summed E-state index contributed by atoms with van der Waals surface area (Å²) in [6.45, 7) is 2.20. The fraction of sp³-hybridized carbons (Fsp3) is 0.143. The van der Waals surface area contributed by atoms with Crippen molar-refractivity contribution in [2.75, 3.05) is 0 Å². The van der Waals surface area contributed by atoms with Gasteiger partial charge in [0.05, 0.1) is 9.52 Å².